The molecule has 0 unspecified atom stereocenters. The van der Waals surface area contributed by atoms with E-state index in [1.807, 2.05) is 0 Å². The Kier molecular flexibility index (Phi) is 3.26. The number of amides is 1. The number of hydrogen-bond acceptors (Lipinski definition) is 3. The monoisotopic (exact) mass is 252 g/mol. The first-order valence-electron chi connectivity index (χ1n) is 5.96. The van der Waals surface area contributed by atoms with Gasteiger partial charge in [-0.3, -0.25) is 4.79 Å². The van der Waals surface area contributed by atoms with Gasteiger partial charge in [0.25, 0.3) is 5.91 Å². The van der Waals surface area contributed by atoms with Crippen molar-refractivity contribution in [2.24, 2.45) is 0 Å². The molecule has 0 saturated carbocycles. The normalized spacial score (nSPS) is 18.7. The first-order chi connectivity index (χ1) is 8.39. The molecule has 0 atom stereocenters. The van der Waals surface area contributed by atoms with Gasteiger partial charge >= 0.3 is 0 Å². The molecule has 1 aliphatic rings. The van der Waals surface area contributed by atoms with Gasteiger partial charge in [0.2, 0.25) is 0 Å². The molecule has 0 spiro atoms. The van der Waals surface area contributed by atoms with E-state index in [1.165, 1.54) is 18.2 Å². The molecule has 18 heavy (non-hydrogen) atoms. The molecular weight excluding hydrogens is 235 g/mol. The molecule has 0 radical (unpaired) electrons. The highest BCUT2D eigenvalue weighted by Gasteiger charge is 2.30. The summed E-state index contributed by atoms with van der Waals surface area (Å²) >= 11 is 0. The topological polar surface area (TPSA) is 66.6 Å². The number of benzene rings is 1. The Morgan fingerprint density at radius 3 is 2.61 bits per heavy atom. The quantitative estimate of drug-likeness (QED) is 0.742. The van der Waals surface area contributed by atoms with Gasteiger partial charge in [0.15, 0.2) is 0 Å². The Morgan fingerprint density at radius 1 is 1.44 bits per heavy atom. The van der Waals surface area contributed by atoms with E-state index < -0.39 is 11.4 Å². The average Bonchev–Trinajstić information content (AvgIpc) is 2.32. The fourth-order valence-corrected chi connectivity index (χ4v) is 2.05. The van der Waals surface area contributed by atoms with Crippen molar-refractivity contribution in [3.63, 3.8) is 0 Å². The molecule has 98 valence electrons. The maximum absolute atomic E-state index is 13.0. The van der Waals surface area contributed by atoms with Crippen LogP contribution in [0.5, 0.6) is 0 Å². The average molecular weight is 252 g/mol. The summed E-state index contributed by atoms with van der Waals surface area (Å²) in [5.41, 5.74) is 5.11. The number of nitrogen functional groups attached to an aromatic ring is 1. The molecule has 1 fully saturated rings. The lowest BCUT2D eigenvalue weighted by Crippen LogP contribution is -2.45. The van der Waals surface area contributed by atoms with Crippen LogP contribution in [0.25, 0.3) is 0 Å². The summed E-state index contributed by atoms with van der Waals surface area (Å²) in [5.74, 6) is -0.690. The molecule has 0 bridgehead atoms. The molecule has 0 aliphatic carbocycles. The van der Waals surface area contributed by atoms with E-state index in [1.54, 1.807) is 11.8 Å². The second-order valence-electron chi connectivity index (χ2n) is 5.03. The Labute approximate surface area is 105 Å². The van der Waals surface area contributed by atoms with Crippen LogP contribution in [-0.2, 0) is 0 Å². The lowest BCUT2D eigenvalue weighted by atomic mass is 9.93. The van der Waals surface area contributed by atoms with Crippen LogP contribution < -0.4 is 5.73 Å². The maximum atomic E-state index is 13.0. The predicted molar refractivity (Wildman–Crippen MR) is 66.6 cm³/mol. The number of rotatable bonds is 1. The van der Waals surface area contributed by atoms with Gasteiger partial charge in [0, 0.05) is 18.7 Å². The highest BCUT2D eigenvalue weighted by molar-refractivity contribution is 5.95. The number of aliphatic hydroxyl groups is 1. The van der Waals surface area contributed by atoms with Gasteiger partial charge in [-0.2, -0.15) is 0 Å². The number of halogens is 1. The van der Waals surface area contributed by atoms with Gasteiger partial charge in [-0.05, 0) is 38.0 Å². The number of carbonyl (C=O) groups is 1. The molecule has 1 aliphatic heterocycles. The minimum atomic E-state index is -0.696. The number of likely N-dealkylation sites (tertiary alicyclic amines) is 1. The van der Waals surface area contributed by atoms with E-state index in [0.29, 0.717) is 31.5 Å². The van der Waals surface area contributed by atoms with E-state index in [4.69, 9.17) is 5.73 Å². The van der Waals surface area contributed by atoms with Gasteiger partial charge in [-0.25, -0.2) is 4.39 Å². The third kappa shape index (κ3) is 2.61. The molecule has 5 heteroatoms. The van der Waals surface area contributed by atoms with Crippen molar-refractivity contribution in [1.82, 2.24) is 4.90 Å². The van der Waals surface area contributed by atoms with Gasteiger partial charge in [-0.15, -0.1) is 0 Å². The lowest BCUT2D eigenvalue weighted by molar-refractivity contribution is -0.00202. The molecule has 1 aromatic rings. The summed E-state index contributed by atoms with van der Waals surface area (Å²) < 4.78 is 13.0. The van der Waals surface area contributed by atoms with Crippen LogP contribution in [-0.4, -0.2) is 34.6 Å². The first kappa shape index (κ1) is 12.8. The predicted octanol–water partition coefficient (Wildman–Crippen LogP) is 1.39. The second-order valence-corrected chi connectivity index (χ2v) is 5.03. The minimum absolute atomic E-state index is 0.0233. The minimum Gasteiger partial charge on any atom is -0.396 e. The molecule has 0 aromatic heterocycles. The molecule has 1 saturated heterocycles. The molecule has 4 nitrogen and oxygen atoms in total. The summed E-state index contributed by atoms with van der Waals surface area (Å²) in [7, 11) is 0. The summed E-state index contributed by atoms with van der Waals surface area (Å²) in [4.78, 5) is 13.8. The maximum Gasteiger partial charge on any atom is 0.253 e. The number of anilines is 1. The molecule has 1 aromatic carbocycles. The molecule has 2 rings (SSSR count). The highest BCUT2D eigenvalue weighted by atomic mass is 19.1. The zero-order valence-electron chi connectivity index (χ0n) is 10.3. The zero-order valence-corrected chi connectivity index (χ0v) is 10.3. The smallest absolute Gasteiger partial charge is 0.253 e. The number of piperidine rings is 1. The van der Waals surface area contributed by atoms with Crippen LogP contribution in [0.3, 0.4) is 0 Å². The number of nitrogens with zero attached hydrogens (tertiary/aromatic N) is 1. The number of hydrogen-bond donors (Lipinski definition) is 2. The second kappa shape index (κ2) is 4.57. The molecule has 3 N–H and O–H groups in total. The van der Waals surface area contributed by atoms with E-state index in [0.717, 1.165) is 0 Å². The van der Waals surface area contributed by atoms with Crippen LogP contribution in [0.15, 0.2) is 18.2 Å². The van der Waals surface area contributed by atoms with Crippen molar-refractivity contribution < 1.29 is 14.3 Å². The summed E-state index contributed by atoms with van der Waals surface area (Å²) in [6.07, 6.45) is 1.10. The van der Waals surface area contributed by atoms with Crippen LogP contribution in [0.4, 0.5) is 10.1 Å². The fourth-order valence-electron chi connectivity index (χ4n) is 2.05. The van der Waals surface area contributed by atoms with Gasteiger partial charge in [0.05, 0.1) is 11.3 Å². The molecule has 1 heterocycles. The Hall–Kier alpha value is -1.62. The summed E-state index contributed by atoms with van der Waals surface area (Å²) in [6.45, 7) is 2.77. The summed E-state index contributed by atoms with van der Waals surface area (Å²) in [5, 5.41) is 9.82. The fraction of sp³-hybridized carbons (Fsp3) is 0.462. The third-order valence-electron chi connectivity index (χ3n) is 3.37. The highest BCUT2D eigenvalue weighted by Crippen LogP contribution is 2.23. The Morgan fingerprint density at radius 2 is 2.06 bits per heavy atom. The van der Waals surface area contributed by atoms with E-state index in [-0.39, 0.29) is 11.6 Å². The molecule has 1 amide bonds. The van der Waals surface area contributed by atoms with Gasteiger partial charge in [0.1, 0.15) is 5.82 Å². The SMILES string of the molecule is CC1(O)CCN(C(=O)c2ccc(F)c(N)c2)CC1. The summed E-state index contributed by atoms with van der Waals surface area (Å²) in [6, 6.07) is 3.98. The first-order valence-corrected chi connectivity index (χ1v) is 5.96. The van der Waals surface area contributed by atoms with Crippen LogP contribution in [0.1, 0.15) is 30.1 Å². The van der Waals surface area contributed by atoms with E-state index >= 15 is 0 Å². The number of nitrogens with two attached hydrogens (primary N) is 1. The molecular formula is C13H17FN2O2. The Bertz CT molecular complexity index is 464. The van der Waals surface area contributed by atoms with Crippen molar-refractivity contribution in [2.75, 3.05) is 18.8 Å². The van der Waals surface area contributed by atoms with Crippen molar-refractivity contribution >= 4 is 11.6 Å². The largest absolute Gasteiger partial charge is 0.396 e. The lowest BCUT2D eigenvalue weighted by Gasteiger charge is -2.35. The van der Waals surface area contributed by atoms with Gasteiger partial charge < -0.3 is 15.7 Å². The Balaban J connectivity index is 2.10. The van der Waals surface area contributed by atoms with Crippen LogP contribution >= 0.6 is 0 Å². The van der Waals surface area contributed by atoms with E-state index in [2.05, 4.69) is 0 Å². The zero-order chi connectivity index (χ0) is 13.3. The van der Waals surface area contributed by atoms with Crippen molar-refractivity contribution in [3.05, 3.63) is 29.6 Å². The standard InChI is InChI=1S/C13H17FN2O2/c1-13(18)4-6-16(7-5-13)12(17)9-2-3-10(14)11(15)8-9/h2-3,8,18H,4-7,15H2,1H3. The van der Waals surface area contributed by atoms with Crippen LogP contribution in [0.2, 0.25) is 0 Å². The van der Waals surface area contributed by atoms with Crippen molar-refractivity contribution in [3.8, 4) is 0 Å². The number of carbonyl (C=O) groups excluding carboxylic acids is 1. The van der Waals surface area contributed by atoms with Crippen molar-refractivity contribution in [1.29, 1.82) is 0 Å². The van der Waals surface area contributed by atoms with Crippen molar-refractivity contribution in [2.45, 2.75) is 25.4 Å². The van der Waals surface area contributed by atoms with E-state index in [9.17, 15) is 14.3 Å². The van der Waals surface area contributed by atoms with Gasteiger partial charge in [-0.1, -0.05) is 0 Å². The van der Waals surface area contributed by atoms with Crippen LogP contribution in [0, 0.1) is 5.82 Å². The third-order valence-corrected chi connectivity index (χ3v) is 3.37.